The maximum Gasteiger partial charge on any atom is 0.238 e. The molecule has 3 heterocycles. The van der Waals surface area contributed by atoms with E-state index in [1.807, 2.05) is 74.5 Å². The molecule has 7 heteroatoms. The van der Waals surface area contributed by atoms with Crippen LogP contribution in [0.1, 0.15) is 25.8 Å². The molecule has 0 bridgehead atoms. The van der Waals surface area contributed by atoms with E-state index in [-0.39, 0.29) is 17.7 Å². The van der Waals surface area contributed by atoms with Crippen LogP contribution in [0.4, 0.5) is 5.69 Å². The Morgan fingerprint density at radius 1 is 0.943 bits per heavy atom. The average Bonchev–Trinajstić information content (AvgIpc) is 3.44. The van der Waals surface area contributed by atoms with E-state index in [2.05, 4.69) is 0 Å². The van der Waals surface area contributed by atoms with E-state index in [4.69, 9.17) is 18.9 Å². The fourth-order valence-corrected chi connectivity index (χ4v) is 5.85. The first-order chi connectivity index (χ1) is 16.9. The highest BCUT2D eigenvalue weighted by Crippen LogP contribution is 2.48. The molecule has 35 heavy (non-hydrogen) atoms. The molecule has 0 radical (unpaired) electrons. The molecular weight excluding hydrogens is 446 g/mol. The van der Waals surface area contributed by atoms with Crippen LogP contribution >= 0.6 is 0 Å². The lowest BCUT2D eigenvalue weighted by Gasteiger charge is -2.34. The number of para-hydroxylation sites is 1. The van der Waals surface area contributed by atoms with Crippen LogP contribution in [0.3, 0.4) is 0 Å². The van der Waals surface area contributed by atoms with Gasteiger partial charge in [0.1, 0.15) is 12.2 Å². The number of allylic oxidation sites excluding steroid dienone is 1. The molecule has 2 aromatic rings. The standard InChI is InChI=1S/C28H29NO6/c1-28(2)34-24-23(32-16-17-10-5-3-6-11-17)22(33-27(24)35-28)19-14-9-15-20-21(19)26(31)29(25(20)30)18-12-7-4-8-13-18/h3-14,19-24,27H,15-16H2,1-2H3/t19-,20+,21-,22+,23-,24+,27+/m0/s1. The Morgan fingerprint density at radius 2 is 1.66 bits per heavy atom. The minimum absolute atomic E-state index is 0.158. The molecule has 0 spiro atoms. The van der Waals surface area contributed by atoms with Crippen molar-refractivity contribution in [1.82, 2.24) is 0 Å². The Labute approximate surface area is 204 Å². The summed E-state index contributed by atoms with van der Waals surface area (Å²) in [5.74, 6) is -2.41. The number of rotatable bonds is 5. The zero-order valence-electron chi connectivity index (χ0n) is 19.8. The summed E-state index contributed by atoms with van der Waals surface area (Å²) in [4.78, 5) is 28.3. The minimum atomic E-state index is -0.789. The Balaban J connectivity index is 1.30. The average molecular weight is 476 g/mol. The summed E-state index contributed by atoms with van der Waals surface area (Å²) < 4.78 is 25.0. The second kappa shape index (κ2) is 8.68. The first kappa shape index (κ1) is 22.6. The molecule has 2 amide bonds. The van der Waals surface area contributed by atoms with Crippen LogP contribution in [0.5, 0.6) is 0 Å². The molecule has 0 unspecified atom stereocenters. The van der Waals surface area contributed by atoms with Crippen LogP contribution in [0, 0.1) is 17.8 Å². The number of hydrogen-bond acceptors (Lipinski definition) is 6. The third-order valence-corrected chi connectivity index (χ3v) is 7.35. The van der Waals surface area contributed by atoms with Gasteiger partial charge < -0.3 is 18.9 Å². The number of imide groups is 1. The molecule has 3 saturated heterocycles. The molecule has 3 aliphatic heterocycles. The van der Waals surface area contributed by atoms with Crippen molar-refractivity contribution in [1.29, 1.82) is 0 Å². The first-order valence-electron chi connectivity index (χ1n) is 12.2. The number of benzene rings is 2. The van der Waals surface area contributed by atoms with Crippen molar-refractivity contribution in [3.8, 4) is 0 Å². The van der Waals surface area contributed by atoms with Crippen LogP contribution in [0.25, 0.3) is 0 Å². The van der Waals surface area contributed by atoms with Gasteiger partial charge in [-0.3, -0.25) is 14.5 Å². The number of hydrogen-bond donors (Lipinski definition) is 0. The van der Waals surface area contributed by atoms with Crippen molar-refractivity contribution in [2.75, 3.05) is 4.90 Å². The zero-order chi connectivity index (χ0) is 24.2. The zero-order valence-corrected chi connectivity index (χ0v) is 19.8. The predicted molar refractivity (Wildman–Crippen MR) is 127 cm³/mol. The fourth-order valence-electron chi connectivity index (χ4n) is 5.85. The predicted octanol–water partition coefficient (Wildman–Crippen LogP) is 3.83. The summed E-state index contributed by atoms with van der Waals surface area (Å²) in [5.41, 5.74) is 1.64. The molecule has 4 aliphatic rings. The van der Waals surface area contributed by atoms with E-state index in [1.165, 1.54) is 4.90 Å². The lowest BCUT2D eigenvalue weighted by Crippen LogP contribution is -2.45. The Morgan fingerprint density at radius 3 is 2.40 bits per heavy atom. The van der Waals surface area contributed by atoms with Gasteiger partial charge in [0.2, 0.25) is 11.8 Å². The molecular formula is C28H29NO6. The van der Waals surface area contributed by atoms with Crippen LogP contribution in [0.2, 0.25) is 0 Å². The van der Waals surface area contributed by atoms with Crippen molar-refractivity contribution in [3.05, 3.63) is 78.4 Å². The van der Waals surface area contributed by atoms with Gasteiger partial charge in [0.25, 0.3) is 0 Å². The van der Waals surface area contributed by atoms with E-state index in [0.717, 1.165) is 5.56 Å². The van der Waals surface area contributed by atoms with Crippen molar-refractivity contribution in [2.24, 2.45) is 17.8 Å². The Hall–Kier alpha value is -2.84. The highest BCUT2D eigenvalue weighted by atomic mass is 16.8. The molecule has 6 rings (SSSR count). The summed E-state index contributed by atoms with van der Waals surface area (Å²) in [6.45, 7) is 4.09. The van der Waals surface area contributed by atoms with Crippen LogP contribution in [-0.2, 0) is 35.1 Å². The van der Waals surface area contributed by atoms with E-state index < -0.39 is 42.2 Å². The fraction of sp³-hybridized carbons (Fsp3) is 0.429. The SMILES string of the molecule is CC1(C)O[C@H]2O[C@H]([C@H]3C=CC[C@H]4C(=O)N(c5ccccc5)C(=O)[C@@H]34)[C@H](OCc3ccccc3)[C@H]2O1. The van der Waals surface area contributed by atoms with E-state index in [9.17, 15) is 9.59 Å². The quantitative estimate of drug-likeness (QED) is 0.483. The van der Waals surface area contributed by atoms with Crippen LogP contribution < -0.4 is 4.90 Å². The molecule has 3 fully saturated rings. The molecule has 7 nitrogen and oxygen atoms in total. The number of nitrogens with zero attached hydrogens (tertiary/aromatic N) is 1. The first-order valence-corrected chi connectivity index (χ1v) is 12.2. The number of ether oxygens (including phenoxy) is 4. The lowest BCUT2D eigenvalue weighted by atomic mass is 9.73. The summed E-state index contributed by atoms with van der Waals surface area (Å²) in [6.07, 6.45) is 2.57. The molecule has 0 saturated carbocycles. The highest BCUT2D eigenvalue weighted by Gasteiger charge is 2.61. The molecule has 1 aliphatic carbocycles. The van der Waals surface area contributed by atoms with Crippen LogP contribution in [-0.4, -0.2) is 42.2 Å². The largest absolute Gasteiger partial charge is 0.368 e. The molecule has 7 atom stereocenters. The number of anilines is 1. The van der Waals surface area contributed by atoms with Gasteiger partial charge in [-0.25, -0.2) is 0 Å². The van der Waals surface area contributed by atoms with Crippen molar-refractivity contribution in [2.45, 2.75) is 57.3 Å². The van der Waals surface area contributed by atoms with Gasteiger partial charge in [-0.15, -0.1) is 0 Å². The minimum Gasteiger partial charge on any atom is -0.368 e. The van der Waals surface area contributed by atoms with Crippen molar-refractivity contribution >= 4 is 17.5 Å². The van der Waals surface area contributed by atoms with Gasteiger partial charge in [0, 0.05) is 5.92 Å². The second-order valence-electron chi connectivity index (χ2n) is 10.1. The maximum absolute atomic E-state index is 13.7. The summed E-state index contributed by atoms with van der Waals surface area (Å²) >= 11 is 0. The number of amides is 2. The topological polar surface area (TPSA) is 74.3 Å². The highest BCUT2D eigenvalue weighted by molar-refractivity contribution is 6.22. The van der Waals surface area contributed by atoms with Gasteiger partial charge in [0.15, 0.2) is 12.1 Å². The molecule has 2 aromatic carbocycles. The number of carbonyl (C=O) groups is 2. The maximum atomic E-state index is 13.7. The number of fused-ring (bicyclic) bond motifs is 2. The Bertz CT molecular complexity index is 1130. The smallest absolute Gasteiger partial charge is 0.238 e. The van der Waals surface area contributed by atoms with E-state index >= 15 is 0 Å². The van der Waals surface area contributed by atoms with Crippen LogP contribution in [0.15, 0.2) is 72.8 Å². The van der Waals surface area contributed by atoms with Crippen molar-refractivity contribution in [3.63, 3.8) is 0 Å². The van der Waals surface area contributed by atoms with Crippen molar-refractivity contribution < 1.29 is 28.5 Å². The third-order valence-electron chi connectivity index (χ3n) is 7.35. The second-order valence-corrected chi connectivity index (χ2v) is 10.1. The van der Waals surface area contributed by atoms with Gasteiger partial charge in [-0.2, -0.15) is 0 Å². The van der Waals surface area contributed by atoms with E-state index in [1.54, 1.807) is 12.1 Å². The molecule has 0 aromatic heterocycles. The normalized spacial score (nSPS) is 35.4. The summed E-state index contributed by atoms with van der Waals surface area (Å²) in [7, 11) is 0. The molecule has 182 valence electrons. The monoisotopic (exact) mass is 475 g/mol. The van der Waals surface area contributed by atoms with Gasteiger partial charge in [0.05, 0.1) is 30.2 Å². The summed E-state index contributed by atoms with van der Waals surface area (Å²) in [5, 5.41) is 0. The van der Waals surface area contributed by atoms with E-state index in [0.29, 0.717) is 18.7 Å². The summed E-state index contributed by atoms with van der Waals surface area (Å²) in [6, 6.07) is 19.0. The van der Waals surface area contributed by atoms with Gasteiger partial charge >= 0.3 is 0 Å². The van der Waals surface area contributed by atoms with Gasteiger partial charge in [-0.05, 0) is 38.0 Å². The number of carbonyl (C=O) groups excluding carboxylic acids is 2. The third kappa shape index (κ3) is 3.93. The Kier molecular flexibility index (Phi) is 5.60. The van der Waals surface area contributed by atoms with Gasteiger partial charge in [-0.1, -0.05) is 60.7 Å². The lowest BCUT2D eigenvalue weighted by molar-refractivity contribution is -0.225. The molecule has 0 N–H and O–H groups in total.